The number of nitrogens with zero attached hydrogens (tertiary/aromatic N) is 1. The lowest BCUT2D eigenvalue weighted by Gasteiger charge is -2.39. The third-order valence-corrected chi connectivity index (χ3v) is 3.83. The average Bonchev–Trinajstić information content (AvgIpc) is 2.49. The van der Waals surface area contributed by atoms with Crippen LogP contribution >= 0.6 is 0 Å². The molecule has 5 nitrogen and oxygen atoms in total. The number of nitrogens with one attached hydrogen (secondary N) is 1. The fraction of sp³-hybridized carbons (Fsp3) is 0.533. The summed E-state index contributed by atoms with van der Waals surface area (Å²) in [6.07, 6.45) is -5.74. The molecule has 1 saturated heterocycles. The maximum Gasteiger partial charge on any atom is 0.417 e. The Morgan fingerprint density at radius 2 is 1.96 bits per heavy atom. The van der Waals surface area contributed by atoms with E-state index in [0.29, 0.717) is 18.0 Å². The van der Waals surface area contributed by atoms with Crippen molar-refractivity contribution in [3.8, 4) is 5.75 Å². The van der Waals surface area contributed by atoms with Gasteiger partial charge in [-0.05, 0) is 19.1 Å². The van der Waals surface area contributed by atoms with Crippen LogP contribution in [0.15, 0.2) is 24.3 Å². The minimum Gasteiger partial charge on any atom is -0.492 e. The highest BCUT2D eigenvalue weighted by Gasteiger charge is 2.54. The van der Waals surface area contributed by atoms with Crippen molar-refractivity contribution in [2.24, 2.45) is 0 Å². The lowest BCUT2D eigenvalue weighted by atomic mass is 9.91. The van der Waals surface area contributed by atoms with Crippen molar-refractivity contribution < 1.29 is 27.8 Å². The van der Waals surface area contributed by atoms with Gasteiger partial charge in [-0.1, -0.05) is 12.1 Å². The molecular weight excluding hydrogens is 313 g/mol. The SMILES string of the molecule is CCOc1ccccc1NC(=O)N1CCC(O)(C(F)(F)F)CC1. The highest BCUT2D eigenvalue weighted by atomic mass is 19.4. The van der Waals surface area contributed by atoms with Crippen LogP contribution < -0.4 is 10.1 Å². The van der Waals surface area contributed by atoms with Crippen LogP contribution in [0.25, 0.3) is 0 Å². The lowest BCUT2D eigenvalue weighted by molar-refractivity contribution is -0.271. The number of amides is 2. The minimum absolute atomic E-state index is 0.168. The number of carbonyl (C=O) groups is 1. The van der Waals surface area contributed by atoms with Crippen molar-refractivity contribution in [3.05, 3.63) is 24.3 Å². The topological polar surface area (TPSA) is 61.8 Å². The van der Waals surface area contributed by atoms with E-state index in [1.165, 1.54) is 4.90 Å². The van der Waals surface area contributed by atoms with E-state index < -0.39 is 30.7 Å². The molecule has 0 bridgehead atoms. The van der Waals surface area contributed by atoms with Gasteiger partial charge >= 0.3 is 12.2 Å². The number of benzene rings is 1. The lowest BCUT2D eigenvalue weighted by Crippen LogP contribution is -2.55. The van der Waals surface area contributed by atoms with Crippen LogP contribution in [0.3, 0.4) is 0 Å². The highest BCUT2D eigenvalue weighted by molar-refractivity contribution is 5.91. The first-order valence-electron chi connectivity index (χ1n) is 7.34. The summed E-state index contributed by atoms with van der Waals surface area (Å²) >= 11 is 0. The number of piperidine rings is 1. The second kappa shape index (κ2) is 6.66. The molecule has 1 heterocycles. The van der Waals surface area contributed by atoms with E-state index in [-0.39, 0.29) is 13.1 Å². The second-order valence-electron chi connectivity index (χ2n) is 5.38. The first-order valence-corrected chi connectivity index (χ1v) is 7.34. The molecule has 0 spiro atoms. The van der Waals surface area contributed by atoms with E-state index in [1.54, 1.807) is 31.2 Å². The molecule has 1 aliphatic heterocycles. The number of rotatable bonds is 3. The summed E-state index contributed by atoms with van der Waals surface area (Å²) in [5.41, 5.74) is -2.26. The van der Waals surface area contributed by atoms with Crippen LogP contribution in [0.5, 0.6) is 5.75 Å². The summed E-state index contributed by atoms with van der Waals surface area (Å²) in [5.74, 6) is 0.493. The van der Waals surface area contributed by atoms with Crippen LogP contribution in [-0.4, -0.2) is 47.5 Å². The molecule has 0 unspecified atom stereocenters. The van der Waals surface area contributed by atoms with Crippen LogP contribution in [0.4, 0.5) is 23.7 Å². The molecule has 2 rings (SSSR count). The fourth-order valence-electron chi connectivity index (χ4n) is 2.41. The number of carbonyl (C=O) groups excluding carboxylic acids is 1. The zero-order chi connectivity index (χ0) is 17.1. The van der Waals surface area contributed by atoms with Crippen molar-refractivity contribution in [2.45, 2.75) is 31.5 Å². The Labute approximate surface area is 132 Å². The molecule has 1 aromatic rings. The van der Waals surface area contributed by atoms with Crippen molar-refractivity contribution in [1.29, 1.82) is 0 Å². The number of likely N-dealkylation sites (tertiary alicyclic amines) is 1. The van der Waals surface area contributed by atoms with Crippen LogP contribution in [0, 0.1) is 0 Å². The van der Waals surface area contributed by atoms with E-state index in [0.717, 1.165) is 0 Å². The molecule has 2 N–H and O–H groups in total. The molecule has 2 amide bonds. The van der Waals surface area contributed by atoms with Crippen LogP contribution in [0.2, 0.25) is 0 Å². The average molecular weight is 332 g/mol. The molecule has 0 aliphatic carbocycles. The van der Waals surface area contributed by atoms with Gasteiger partial charge in [-0.3, -0.25) is 0 Å². The Morgan fingerprint density at radius 1 is 1.35 bits per heavy atom. The van der Waals surface area contributed by atoms with Crippen molar-refractivity contribution in [2.75, 3.05) is 25.0 Å². The highest BCUT2D eigenvalue weighted by Crippen LogP contribution is 2.38. The third kappa shape index (κ3) is 3.87. The normalized spacial score (nSPS) is 17.7. The quantitative estimate of drug-likeness (QED) is 0.894. The van der Waals surface area contributed by atoms with Gasteiger partial charge in [0.2, 0.25) is 0 Å². The number of aliphatic hydroxyl groups is 1. The predicted octanol–water partition coefficient (Wildman–Crippen LogP) is 3.01. The van der Waals surface area contributed by atoms with Gasteiger partial charge in [-0.15, -0.1) is 0 Å². The van der Waals surface area contributed by atoms with E-state index in [2.05, 4.69) is 5.32 Å². The molecule has 8 heteroatoms. The zero-order valence-corrected chi connectivity index (χ0v) is 12.7. The maximum absolute atomic E-state index is 12.8. The molecule has 1 aliphatic rings. The maximum atomic E-state index is 12.8. The van der Waals surface area contributed by atoms with Gasteiger partial charge in [0.15, 0.2) is 5.60 Å². The first-order chi connectivity index (χ1) is 10.8. The number of halogens is 3. The number of urea groups is 1. The first kappa shape index (κ1) is 17.4. The molecule has 0 saturated carbocycles. The van der Waals surface area contributed by atoms with Gasteiger partial charge in [0, 0.05) is 25.9 Å². The molecule has 0 radical (unpaired) electrons. The Kier molecular flexibility index (Phi) is 5.03. The molecule has 1 fully saturated rings. The van der Waals surface area contributed by atoms with Gasteiger partial charge in [0.25, 0.3) is 0 Å². The van der Waals surface area contributed by atoms with E-state index in [4.69, 9.17) is 4.74 Å². The summed E-state index contributed by atoms with van der Waals surface area (Å²) < 4.78 is 43.6. The largest absolute Gasteiger partial charge is 0.492 e. The number of ether oxygens (including phenoxy) is 1. The van der Waals surface area contributed by atoms with Gasteiger partial charge in [0.1, 0.15) is 5.75 Å². The van der Waals surface area contributed by atoms with E-state index in [9.17, 15) is 23.1 Å². The Bertz CT molecular complexity index is 555. The zero-order valence-electron chi connectivity index (χ0n) is 12.7. The molecule has 1 aromatic carbocycles. The minimum atomic E-state index is -4.68. The summed E-state index contributed by atoms with van der Waals surface area (Å²) in [5, 5.41) is 12.2. The van der Waals surface area contributed by atoms with Crippen molar-refractivity contribution >= 4 is 11.7 Å². The number of anilines is 1. The number of hydrogen-bond donors (Lipinski definition) is 2. The molecule has 23 heavy (non-hydrogen) atoms. The van der Waals surface area contributed by atoms with Gasteiger partial charge < -0.3 is 20.1 Å². The Morgan fingerprint density at radius 3 is 2.52 bits per heavy atom. The molecule has 0 atom stereocenters. The summed E-state index contributed by atoms with van der Waals surface area (Å²) in [4.78, 5) is 13.4. The Hall–Kier alpha value is -1.96. The monoisotopic (exact) mass is 332 g/mol. The second-order valence-corrected chi connectivity index (χ2v) is 5.38. The van der Waals surface area contributed by atoms with Crippen LogP contribution in [-0.2, 0) is 0 Å². The van der Waals surface area contributed by atoms with Gasteiger partial charge in [0.05, 0.1) is 12.3 Å². The summed E-state index contributed by atoms with van der Waals surface area (Å²) in [7, 11) is 0. The van der Waals surface area contributed by atoms with Crippen LogP contribution in [0.1, 0.15) is 19.8 Å². The standard InChI is InChI=1S/C15H19F3N2O3/c1-2-23-12-6-4-3-5-11(12)19-13(21)20-9-7-14(22,8-10-20)15(16,17)18/h3-6,22H,2,7-10H2,1H3,(H,19,21). The number of para-hydroxylation sites is 2. The molecule has 0 aromatic heterocycles. The van der Waals surface area contributed by atoms with Crippen molar-refractivity contribution in [1.82, 2.24) is 4.90 Å². The Balaban J connectivity index is 1.99. The fourth-order valence-corrected chi connectivity index (χ4v) is 2.41. The van der Waals surface area contributed by atoms with Gasteiger partial charge in [-0.25, -0.2) is 4.79 Å². The predicted molar refractivity (Wildman–Crippen MR) is 78.4 cm³/mol. The molecular formula is C15H19F3N2O3. The van der Waals surface area contributed by atoms with Crippen molar-refractivity contribution in [3.63, 3.8) is 0 Å². The third-order valence-electron chi connectivity index (χ3n) is 3.83. The summed E-state index contributed by atoms with van der Waals surface area (Å²) in [6.45, 7) is 1.90. The van der Waals surface area contributed by atoms with Gasteiger partial charge in [-0.2, -0.15) is 13.2 Å². The number of alkyl halides is 3. The van der Waals surface area contributed by atoms with E-state index >= 15 is 0 Å². The summed E-state index contributed by atoms with van der Waals surface area (Å²) in [6, 6.07) is 6.31. The number of hydrogen-bond acceptors (Lipinski definition) is 3. The molecule has 128 valence electrons. The van der Waals surface area contributed by atoms with E-state index in [1.807, 2.05) is 0 Å². The smallest absolute Gasteiger partial charge is 0.417 e.